The van der Waals surface area contributed by atoms with Crippen molar-refractivity contribution in [1.82, 2.24) is 14.4 Å². The van der Waals surface area contributed by atoms with Crippen molar-refractivity contribution in [2.24, 2.45) is 0 Å². The number of fused-ring (bicyclic) bond motifs is 1. The number of anilines is 1. The Morgan fingerprint density at radius 1 is 1.05 bits per heavy atom. The molecule has 20 heavy (non-hydrogen) atoms. The summed E-state index contributed by atoms with van der Waals surface area (Å²) in [5.74, 6) is 0.164. The van der Waals surface area contributed by atoms with E-state index in [2.05, 4.69) is 9.97 Å². The molecule has 0 radical (unpaired) electrons. The normalized spacial score (nSPS) is 11.9. The highest BCUT2D eigenvalue weighted by molar-refractivity contribution is 5.74. The van der Waals surface area contributed by atoms with Gasteiger partial charge in [0.25, 0.3) is 0 Å². The van der Waals surface area contributed by atoms with Crippen LogP contribution in [-0.2, 0) is 6.18 Å². The van der Waals surface area contributed by atoms with Gasteiger partial charge in [0.05, 0.1) is 5.56 Å². The Labute approximate surface area is 111 Å². The molecule has 0 unspecified atom stereocenters. The molecule has 0 fully saturated rings. The largest absolute Gasteiger partial charge is 0.417 e. The van der Waals surface area contributed by atoms with E-state index in [1.807, 2.05) is 0 Å². The van der Waals surface area contributed by atoms with Gasteiger partial charge in [-0.3, -0.25) is 9.38 Å². The van der Waals surface area contributed by atoms with E-state index in [-0.39, 0.29) is 5.82 Å². The average Bonchev–Trinajstić information content (AvgIpc) is 2.76. The SMILES string of the molecule is Nc1c(-c2ccncc2)nc2ccc(C(F)(F)F)cn12. The summed E-state index contributed by atoms with van der Waals surface area (Å²) in [7, 11) is 0. The maximum Gasteiger partial charge on any atom is 0.417 e. The summed E-state index contributed by atoms with van der Waals surface area (Å²) in [6, 6.07) is 5.67. The molecule has 0 saturated carbocycles. The number of hydrogen-bond donors (Lipinski definition) is 1. The smallest absolute Gasteiger partial charge is 0.383 e. The van der Waals surface area contributed by atoms with E-state index in [0.29, 0.717) is 16.9 Å². The van der Waals surface area contributed by atoms with Crippen molar-refractivity contribution in [3.63, 3.8) is 0 Å². The maximum atomic E-state index is 12.7. The quantitative estimate of drug-likeness (QED) is 0.744. The summed E-state index contributed by atoms with van der Waals surface area (Å²) in [5.41, 5.74) is 6.63. The molecule has 0 bridgehead atoms. The second kappa shape index (κ2) is 4.22. The molecule has 7 heteroatoms. The molecule has 3 heterocycles. The summed E-state index contributed by atoms with van der Waals surface area (Å²) in [6.07, 6.45) is -0.329. The van der Waals surface area contributed by atoms with Gasteiger partial charge in [0, 0.05) is 24.2 Å². The molecule has 3 aromatic heterocycles. The van der Waals surface area contributed by atoms with E-state index < -0.39 is 11.7 Å². The zero-order valence-electron chi connectivity index (χ0n) is 10.1. The Bertz CT molecular complexity index is 762. The van der Waals surface area contributed by atoms with Gasteiger partial charge in [-0.25, -0.2) is 4.98 Å². The Morgan fingerprint density at radius 3 is 2.40 bits per heavy atom. The summed E-state index contributed by atoms with van der Waals surface area (Å²) >= 11 is 0. The van der Waals surface area contributed by atoms with E-state index >= 15 is 0 Å². The predicted molar refractivity (Wildman–Crippen MR) is 67.8 cm³/mol. The van der Waals surface area contributed by atoms with Crippen LogP contribution in [0.2, 0.25) is 0 Å². The van der Waals surface area contributed by atoms with Crippen LogP contribution < -0.4 is 5.73 Å². The van der Waals surface area contributed by atoms with Crippen molar-refractivity contribution in [2.75, 3.05) is 5.73 Å². The number of pyridine rings is 2. The number of alkyl halides is 3. The number of nitrogens with zero attached hydrogens (tertiary/aromatic N) is 3. The minimum Gasteiger partial charge on any atom is -0.383 e. The third-order valence-corrected chi connectivity index (χ3v) is 2.94. The molecule has 0 spiro atoms. The molecule has 3 rings (SSSR count). The van der Waals surface area contributed by atoms with E-state index in [9.17, 15) is 13.2 Å². The predicted octanol–water partition coefficient (Wildman–Crippen LogP) is 3.00. The van der Waals surface area contributed by atoms with Gasteiger partial charge < -0.3 is 5.73 Å². The van der Waals surface area contributed by atoms with E-state index in [4.69, 9.17) is 5.73 Å². The first-order valence-corrected chi connectivity index (χ1v) is 5.72. The highest BCUT2D eigenvalue weighted by Crippen LogP contribution is 2.32. The molecule has 0 aliphatic heterocycles. The number of imidazole rings is 1. The van der Waals surface area contributed by atoms with Gasteiger partial charge >= 0.3 is 6.18 Å². The van der Waals surface area contributed by atoms with E-state index in [1.54, 1.807) is 24.5 Å². The van der Waals surface area contributed by atoms with Crippen molar-refractivity contribution in [3.05, 3.63) is 48.4 Å². The standard InChI is InChI=1S/C13H9F3N4/c14-13(15,16)9-1-2-10-19-11(12(17)20(10)7-9)8-3-5-18-6-4-8/h1-7H,17H2. The van der Waals surface area contributed by atoms with Gasteiger partial charge in [0.1, 0.15) is 17.2 Å². The molecule has 0 amide bonds. The second-order valence-corrected chi connectivity index (χ2v) is 4.23. The number of rotatable bonds is 1. The lowest BCUT2D eigenvalue weighted by molar-refractivity contribution is -0.137. The lowest BCUT2D eigenvalue weighted by atomic mass is 10.2. The molecule has 0 aromatic carbocycles. The fourth-order valence-electron chi connectivity index (χ4n) is 1.95. The van der Waals surface area contributed by atoms with Crippen LogP contribution in [-0.4, -0.2) is 14.4 Å². The average molecular weight is 278 g/mol. The number of halogens is 3. The van der Waals surface area contributed by atoms with Gasteiger partial charge in [-0.15, -0.1) is 0 Å². The van der Waals surface area contributed by atoms with Crippen molar-refractivity contribution in [2.45, 2.75) is 6.18 Å². The van der Waals surface area contributed by atoms with Crippen LogP contribution in [0.15, 0.2) is 42.9 Å². The molecule has 3 aromatic rings. The van der Waals surface area contributed by atoms with Crippen molar-refractivity contribution < 1.29 is 13.2 Å². The zero-order chi connectivity index (χ0) is 14.3. The van der Waals surface area contributed by atoms with Crippen molar-refractivity contribution >= 4 is 11.5 Å². The lowest BCUT2D eigenvalue weighted by Gasteiger charge is -2.07. The van der Waals surface area contributed by atoms with Crippen LogP contribution in [0.1, 0.15) is 5.56 Å². The van der Waals surface area contributed by atoms with Crippen LogP contribution in [0.3, 0.4) is 0 Å². The molecule has 0 saturated heterocycles. The first kappa shape index (κ1) is 12.5. The number of nitrogen functional groups attached to an aromatic ring is 1. The fraction of sp³-hybridized carbons (Fsp3) is 0.0769. The van der Waals surface area contributed by atoms with Gasteiger partial charge in [-0.1, -0.05) is 0 Å². The summed E-state index contributed by atoms with van der Waals surface area (Å²) in [4.78, 5) is 8.13. The third-order valence-electron chi connectivity index (χ3n) is 2.94. The summed E-state index contributed by atoms with van der Waals surface area (Å²) in [6.45, 7) is 0. The van der Waals surface area contributed by atoms with Gasteiger partial charge in [0.2, 0.25) is 0 Å². The van der Waals surface area contributed by atoms with Gasteiger partial charge in [-0.05, 0) is 24.3 Å². The Hall–Kier alpha value is -2.57. The van der Waals surface area contributed by atoms with Gasteiger partial charge in [-0.2, -0.15) is 13.2 Å². The maximum absolute atomic E-state index is 12.7. The second-order valence-electron chi connectivity index (χ2n) is 4.23. The third kappa shape index (κ3) is 1.97. The molecule has 4 nitrogen and oxygen atoms in total. The van der Waals surface area contributed by atoms with Crippen LogP contribution in [0.5, 0.6) is 0 Å². The van der Waals surface area contributed by atoms with Crippen molar-refractivity contribution in [3.8, 4) is 11.3 Å². The lowest BCUT2D eigenvalue weighted by Crippen LogP contribution is -2.06. The molecule has 0 aliphatic carbocycles. The number of hydrogen-bond acceptors (Lipinski definition) is 3. The highest BCUT2D eigenvalue weighted by atomic mass is 19.4. The minimum atomic E-state index is -4.41. The van der Waals surface area contributed by atoms with E-state index in [0.717, 1.165) is 12.3 Å². The molecule has 2 N–H and O–H groups in total. The van der Waals surface area contributed by atoms with Crippen LogP contribution in [0.25, 0.3) is 16.9 Å². The monoisotopic (exact) mass is 278 g/mol. The summed E-state index contributed by atoms with van der Waals surface area (Å²) < 4.78 is 39.3. The fourth-order valence-corrected chi connectivity index (χ4v) is 1.95. The summed E-state index contributed by atoms with van der Waals surface area (Å²) in [5, 5.41) is 0. The first-order valence-electron chi connectivity index (χ1n) is 5.72. The number of nitrogens with two attached hydrogens (primary N) is 1. The Balaban J connectivity index is 2.21. The molecule has 102 valence electrons. The highest BCUT2D eigenvalue weighted by Gasteiger charge is 2.31. The van der Waals surface area contributed by atoms with Gasteiger partial charge in [0.15, 0.2) is 0 Å². The van der Waals surface area contributed by atoms with Crippen molar-refractivity contribution in [1.29, 1.82) is 0 Å². The van der Waals surface area contributed by atoms with E-state index in [1.165, 1.54) is 10.5 Å². The topological polar surface area (TPSA) is 56.2 Å². The zero-order valence-corrected chi connectivity index (χ0v) is 10.1. The minimum absolute atomic E-state index is 0.164. The molecule has 0 atom stereocenters. The Kier molecular flexibility index (Phi) is 2.63. The molecular weight excluding hydrogens is 269 g/mol. The van der Waals surface area contributed by atoms with Crippen LogP contribution >= 0.6 is 0 Å². The number of aromatic nitrogens is 3. The first-order chi connectivity index (χ1) is 9.47. The molecule has 0 aliphatic rings. The van der Waals surface area contributed by atoms with Crippen LogP contribution in [0, 0.1) is 0 Å². The van der Waals surface area contributed by atoms with Crippen LogP contribution in [0.4, 0.5) is 19.0 Å². The Morgan fingerprint density at radius 2 is 1.75 bits per heavy atom. The molecular formula is C13H9F3N4.